The SMILES string of the molecule is CC(C)(C)OC(=O)N1CC2CC(O)CCC2C[C@H]1CO. The molecule has 1 aliphatic heterocycles. The van der Waals surface area contributed by atoms with Crippen molar-refractivity contribution in [1.29, 1.82) is 0 Å². The second-order valence-electron chi connectivity index (χ2n) is 7.19. The van der Waals surface area contributed by atoms with Crippen molar-refractivity contribution >= 4 is 6.09 Å². The number of ether oxygens (including phenoxy) is 1. The molecule has 1 heterocycles. The van der Waals surface area contributed by atoms with Crippen molar-refractivity contribution in [3.8, 4) is 0 Å². The summed E-state index contributed by atoms with van der Waals surface area (Å²) in [5, 5.41) is 19.4. The first-order valence-corrected chi connectivity index (χ1v) is 7.58. The number of amides is 1. The number of likely N-dealkylation sites (tertiary alicyclic amines) is 1. The number of aliphatic hydroxyl groups is 2. The van der Waals surface area contributed by atoms with Crippen molar-refractivity contribution in [2.24, 2.45) is 11.8 Å². The summed E-state index contributed by atoms with van der Waals surface area (Å²) in [4.78, 5) is 13.9. The minimum absolute atomic E-state index is 0.0228. The monoisotopic (exact) mass is 285 g/mol. The zero-order chi connectivity index (χ0) is 14.9. The molecule has 0 aromatic heterocycles. The molecule has 2 N–H and O–H groups in total. The summed E-state index contributed by atoms with van der Waals surface area (Å²) < 4.78 is 5.43. The van der Waals surface area contributed by atoms with Gasteiger partial charge in [0.15, 0.2) is 0 Å². The third-order valence-electron chi connectivity index (χ3n) is 4.40. The van der Waals surface area contributed by atoms with E-state index in [1.807, 2.05) is 20.8 Å². The predicted molar refractivity (Wildman–Crippen MR) is 75.3 cm³/mol. The third-order valence-corrected chi connectivity index (χ3v) is 4.40. The summed E-state index contributed by atoms with van der Waals surface area (Å²) in [6, 6.07) is -0.152. The fourth-order valence-corrected chi connectivity index (χ4v) is 3.43. The zero-order valence-electron chi connectivity index (χ0n) is 12.7. The Kier molecular flexibility index (Phi) is 4.59. The van der Waals surface area contributed by atoms with Crippen LogP contribution in [-0.2, 0) is 4.74 Å². The third kappa shape index (κ3) is 3.64. The number of piperidine rings is 1. The molecule has 2 aliphatic rings. The number of carbonyl (C=O) groups excluding carboxylic acids is 1. The highest BCUT2D eigenvalue weighted by Gasteiger charge is 2.41. The van der Waals surface area contributed by atoms with Crippen molar-refractivity contribution in [3.05, 3.63) is 0 Å². The molecule has 5 heteroatoms. The summed E-state index contributed by atoms with van der Waals surface area (Å²) in [5.41, 5.74) is -0.528. The molecule has 1 aliphatic carbocycles. The Hall–Kier alpha value is -0.810. The predicted octanol–water partition coefficient (Wildman–Crippen LogP) is 1.77. The topological polar surface area (TPSA) is 70.0 Å². The quantitative estimate of drug-likeness (QED) is 0.770. The minimum Gasteiger partial charge on any atom is -0.444 e. The van der Waals surface area contributed by atoms with E-state index in [9.17, 15) is 15.0 Å². The largest absolute Gasteiger partial charge is 0.444 e. The molecule has 1 saturated carbocycles. The number of hydrogen-bond acceptors (Lipinski definition) is 4. The van der Waals surface area contributed by atoms with Gasteiger partial charge in [-0.1, -0.05) is 0 Å². The molecule has 4 atom stereocenters. The van der Waals surface area contributed by atoms with Crippen molar-refractivity contribution in [1.82, 2.24) is 4.90 Å². The van der Waals surface area contributed by atoms with Crippen LogP contribution >= 0.6 is 0 Å². The highest BCUT2D eigenvalue weighted by atomic mass is 16.6. The smallest absolute Gasteiger partial charge is 0.410 e. The Labute approximate surface area is 120 Å². The van der Waals surface area contributed by atoms with E-state index in [-0.39, 0.29) is 24.8 Å². The van der Waals surface area contributed by atoms with Gasteiger partial charge in [-0.2, -0.15) is 0 Å². The van der Waals surface area contributed by atoms with Crippen LogP contribution in [-0.4, -0.2) is 52.1 Å². The van der Waals surface area contributed by atoms with Gasteiger partial charge in [-0.3, -0.25) is 0 Å². The minimum atomic E-state index is -0.528. The van der Waals surface area contributed by atoms with Crippen LogP contribution in [0.4, 0.5) is 4.79 Å². The summed E-state index contributed by atoms with van der Waals surface area (Å²) in [6.07, 6.45) is 2.79. The molecule has 2 rings (SSSR count). The Balaban J connectivity index is 2.05. The molecule has 2 fully saturated rings. The van der Waals surface area contributed by atoms with Crippen LogP contribution in [0.1, 0.15) is 46.5 Å². The van der Waals surface area contributed by atoms with Crippen molar-refractivity contribution in [3.63, 3.8) is 0 Å². The van der Waals surface area contributed by atoms with Crippen molar-refractivity contribution < 1.29 is 19.7 Å². The van der Waals surface area contributed by atoms with Gasteiger partial charge < -0.3 is 19.8 Å². The van der Waals surface area contributed by atoms with Gasteiger partial charge >= 0.3 is 6.09 Å². The van der Waals surface area contributed by atoms with Crippen LogP contribution in [0, 0.1) is 11.8 Å². The molecule has 0 aromatic rings. The number of fused-ring (bicyclic) bond motifs is 1. The molecule has 0 radical (unpaired) electrons. The summed E-state index contributed by atoms with van der Waals surface area (Å²) in [5.74, 6) is 0.836. The van der Waals surface area contributed by atoms with Gasteiger partial charge in [0.1, 0.15) is 5.60 Å². The molecule has 20 heavy (non-hydrogen) atoms. The first kappa shape index (κ1) is 15.6. The molecule has 1 saturated heterocycles. The lowest BCUT2D eigenvalue weighted by atomic mass is 9.72. The first-order chi connectivity index (χ1) is 9.30. The van der Waals surface area contributed by atoms with Crippen LogP contribution in [0.3, 0.4) is 0 Å². The Morgan fingerprint density at radius 1 is 1.25 bits per heavy atom. The fraction of sp³-hybridized carbons (Fsp3) is 0.933. The van der Waals surface area contributed by atoms with Crippen LogP contribution < -0.4 is 0 Å². The summed E-state index contributed by atoms with van der Waals surface area (Å²) in [6.45, 7) is 6.09. The highest BCUT2D eigenvalue weighted by molar-refractivity contribution is 5.68. The Morgan fingerprint density at radius 3 is 2.55 bits per heavy atom. The number of aliphatic hydroxyl groups excluding tert-OH is 2. The lowest BCUT2D eigenvalue weighted by Crippen LogP contribution is -2.54. The van der Waals surface area contributed by atoms with E-state index in [0.29, 0.717) is 18.4 Å². The van der Waals surface area contributed by atoms with E-state index in [2.05, 4.69) is 0 Å². The highest BCUT2D eigenvalue weighted by Crippen LogP contribution is 2.39. The fourth-order valence-electron chi connectivity index (χ4n) is 3.43. The maximum absolute atomic E-state index is 12.3. The van der Waals surface area contributed by atoms with Crippen LogP contribution in [0.15, 0.2) is 0 Å². The van der Waals surface area contributed by atoms with Gasteiger partial charge in [-0.05, 0) is 58.3 Å². The second-order valence-corrected chi connectivity index (χ2v) is 7.19. The van der Waals surface area contributed by atoms with Gasteiger partial charge in [-0.15, -0.1) is 0 Å². The van der Waals surface area contributed by atoms with Gasteiger partial charge in [-0.25, -0.2) is 4.79 Å². The lowest BCUT2D eigenvalue weighted by molar-refractivity contribution is -0.0387. The van der Waals surface area contributed by atoms with Crippen LogP contribution in [0.5, 0.6) is 0 Å². The van der Waals surface area contributed by atoms with E-state index in [1.54, 1.807) is 4.90 Å². The van der Waals surface area contributed by atoms with Crippen LogP contribution in [0.25, 0.3) is 0 Å². The van der Waals surface area contributed by atoms with Gasteiger partial charge in [0, 0.05) is 6.54 Å². The molecule has 116 valence electrons. The molecule has 5 nitrogen and oxygen atoms in total. The van der Waals surface area contributed by atoms with Crippen LogP contribution in [0.2, 0.25) is 0 Å². The van der Waals surface area contributed by atoms with Crippen molar-refractivity contribution in [2.45, 2.75) is 64.2 Å². The van der Waals surface area contributed by atoms with Gasteiger partial charge in [0.05, 0.1) is 18.8 Å². The Morgan fingerprint density at radius 2 is 1.95 bits per heavy atom. The first-order valence-electron chi connectivity index (χ1n) is 7.58. The van der Waals surface area contributed by atoms with E-state index in [1.165, 1.54) is 0 Å². The molecule has 0 spiro atoms. The summed E-state index contributed by atoms with van der Waals surface area (Å²) in [7, 11) is 0. The normalized spacial score (nSPS) is 34.5. The standard InChI is InChI=1S/C15H27NO4/c1-15(2,3)20-14(19)16-8-11-7-13(18)5-4-10(11)6-12(16)9-17/h10-13,17-18H,4-9H2,1-3H3/t10?,11?,12-,13?/m0/s1. The lowest BCUT2D eigenvalue weighted by Gasteiger charge is -2.46. The maximum Gasteiger partial charge on any atom is 0.410 e. The molecule has 0 bridgehead atoms. The van der Waals surface area contributed by atoms with Crippen molar-refractivity contribution in [2.75, 3.05) is 13.2 Å². The second kappa shape index (κ2) is 5.90. The molecular formula is C15H27NO4. The number of hydrogen-bond donors (Lipinski definition) is 2. The number of nitrogens with zero attached hydrogens (tertiary/aromatic N) is 1. The van der Waals surface area contributed by atoms with E-state index < -0.39 is 5.60 Å². The molecule has 0 aromatic carbocycles. The van der Waals surface area contributed by atoms with E-state index in [4.69, 9.17) is 4.74 Å². The number of carbonyl (C=O) groups is 1. The zero-order valence-corrected chi connectivity index (χ0v) is 12.7. The van der Waals surface area contributed by atoms with E-state index >= 15 is 0 Å². The summed E-state index contributed by atoms with van der Waals surface area (Å²) >= 11 is 0. The maximum atomic E-state index is 12.3. The molecular weight excluding hydrogens is 258 g/mol. The van der Waals surface area contributed by atoms with E-state index in [0.717, 1.165) is 25.7 Å². The van der Waals surface area contributed by atoms with Gasteiger partial charge in [0.25, 0.3) is 0 Å². The van der Waals surface area contributed by atoms with Gasteiger partial charge in [0.2, 0.25) is 0 Å². The average molecular weight is 285 g/mol. The Bertz CT molecular complexity index is 352. The average Bonchev–Trinajstić information content (AvgIpc) is 2.35. The molecule has 3 unspecified atom stereocenters. The number of rotatable bonds is 1. The molecule has 1 amide bonds.